The Kier molecular flexibility index (Phi) is 6.75. The van der Waals surface area contributed by atoms with Gasteiger partial charge in [0.15, 0.2) is 11.6 Å². The van der Waals surface area contributed by atoms with Crippen LogP contribution in [0.4, 0.5) is 8.78 Å². The maximum Gasteiger partial charge on any atom is 0.266 e. The summed E-state index contributed by atoms with van der Waals surface area (Å²) in [4.78, 5) is 15.7. The summed E-state index contributed by atoms with van der Waals surface area (Å²) in [6.07, 6.45) is 4.57. The summed E-state index contributed by atoms with van der Waals surface area (Å²) in [7, 11) is 0. The monoisotopic (exact) mass is 424 g/mol. The number of hydrogen-bond acceptors (Lipinski definition) is 5. The number of thioether (sulfide) groups is 1. The molecule has 3 rings (SSSR count). The van der Waals surface area contributed by atoms with E-state index in [9.17, 15) is 13.6 Å². The van der Waals surface area contributed by atoms with E-state index in [-0.39, 0.29) is 5.91 Å². The van der Waals surface area contributed by atoms with Crippen molar-refractivity contribution in [3.05, 3.63) is 51.1 Å². The van der Waals surface area contributed by atoms with Crippen LogP contribution in [0.2, 0.25) is 0 Å². The fraction of sp³-hybridized carbons (Fsp3) is 0.263. The summed E-state index contributed by atoms with van der Waals surface area (Å²) >= 11 is 8.05. The average Bonchev–Trinajstić information content (AvgIpc) is 3.21. The summed E-state index contributed by atoms with van der Waals surface area (Å²) in [5.74, 6) is -1.83. The number of thiocarbonyl (C=S) groups is 1. The van der Waals surface area contributed by atoms with Crippen LogP contribution in [0.5, 0.6) is 0 Å². The molecular weight excluding hydrogens is 406 g/mol. The molecule has 142 valence electrons. The second kappa shape index (κ2) is 9.05. The van der Waals surface area contributed by atoms with Gasteiger partial charge < -0.3 is 5.73 Å². The first-order chi connectivity index (χ1) is 13.0. The second-order valence-corrected chi connectivity index (χ2v) is 8.67. The Morgan fingerprint density at radius 1 is 1.11 bits per heavy atom. The SMILES string of the molecule is NCCCCCN1C(=O)/C(=C/c2cc(-c3ccc(F)c(F)c3)cs2)SC1=S. The number of nitrogens with two attached hydrogens (primary N) is 1. The molecule has 3 nitrogen and oxygen atoms in total. The minimum absolute atomic E-state index is 0.0828. The van der Waals surface area contributed by atoms with Crippen LogP contribution in [0.15, 0.2) is 34.6 Å². The minimum Gasteiger partial charge on any atom is -0.330 e. The number of benzene rings is 1. The van der Waals surface area contributed by atoms with Crippen molar-refractivity contribution in [2.75, 3.05) is 13.1 Å². The molecule has 0 bridgehead atoms. The Morgan fingerprint density at radius 2 is 1.93 bits per heavy atom. The molecule has 2 N–H and O–H groups in total. The number of thiophene rings is 1. The predicted octanol–water partition coefficient (Wildman–Crippen LogP) is 5.02. The Balaban J connectivity index is 1.71. The number of carbonyl (C=O) groups is 1. The van der Waals surface area contributed by atoms with E-state index in [1.54, 1.807) is 11.0 Å². The first-order valence-electron chi connectivity index (χ1n) is 8.49. The highest BCUT2D eigenvalue weighted by Crippen LogP contribution is 2.35. The number of rotatable bonds is 7. The van der Waals surface area contributed by atoms with E-state index in [0.717, 1.165) is 35.8 Å². The van der Waals surface area contributed by atoms with E-state index in [1.165, 1.54) is 35.2 Å². The van der Waals surface area contributed by atoms with Gasteiger partial charge >= 0.3 is 0 Å². The highest BCUT2D eigenvalue weighted by Gasteiger charge is 2.31. The van der Waals surface area contributed by atoms with E-state index in [0.29, 0.717) is 27.9 Å². The molecular formula is C19H18F2N2OS3. The highest BCUT2D eigenvalue weighted by atomic mass is 32.2. The first-order valence-corrected chi connectivity index (χ1v) is 10.6. The van der Waals surface area contributed by atoms with Gasteiger partial charge in [-0.3, -0.25) is 9.69 Å². The molecule has 1 aromatic heterocycles. The lowest BCUT2D eigenvalue weighted by Crippen LogP contribution is -2.29. The maximum absolute atomic E-state index is 13.4. The first kappa shape index (κ1) is 20.1. The molecule has 1 amide bonds. The lowest BCUT2D eigenvalue weighted by molar-refractivity contribution is -0.122. The maximum atomic E-state index is 13.4. The standard InChI is InChI=1S/C19H18F2N2OS3/c20-15-5-4-12(9-16(15)21)13-8-14(26-11-13)10-17-18(24)23(19(25)27-17)7-3-1-2-6-22/h4-5,8-11H,1-3,6-7,22H2/b17-10-. The third kappa shape index (κ3) is 4.82. The third-order valence-corrected chi connectivity index (χ3v) is 6.36. The van der Waals surface area contributed by atoms with Crippen molar-refractivity contribution in [1.29, 1.82) is 0 Å². The molecule has 1 aliphatic rings. The van der Waals surface area contributed by atoms with Gasteiger partial charge in [-0.1, -0.05) is 36.5 Å². The van der Waals surface area contributed by atoms with Crippen molar-refractivity contribution < 1.29 is 13.6 Å². The molecule has 27 heavy (non-hydrogen) atoms. The number of hydrogen-bond donors (Lipinski definition) is 1. The van der Waals surface area contributed by atoms with Crippen LogP contribution in [0.1, 0.15) is 24.1 Å². The predicted molar refractivity (Wildman–Crippen MR) is 112 cm³/mol. The van der Waals surface area contributed by atoms with Crippen LogP contribution in [-0.2, 0) is 4.79 Å². The Bertz CT molecular complexity index is 895. The van der Waals surface area contributed by atoms with E-state index in [1.807, 2.05) is 11.4 Å². The smallest absolute Gasteiger partial charge is 0.266 e. The van der Waals surface area contributed by atoms with Gasteiger partial charge in [-0.2, -0.15) is 0 Å². The second-order valence-electron chi connectivity index (χ2n) is 6.05. The average molecular weight is 425 g/mol. The van der Waals surface area contributed by atoms with Gasteiger partial charge in [0.05, 0.1) is 4.91 Å². The molecule has 8 heteroatoms. The molecule has 0 unspecified atom stereocenters. The zero-order chi connectivity index (χ0) is 19.4. The number of amides is 1. The Morgan fingerprint density at radius 3 is 2.67 bits per heavy atom. The Labute approximate surface area is 170 Å². The summed E-state index contributed by atoms with van der Waals surface area (Å²) < 4.78 is 27.1. The van der Waals surface area contributed by atoms with Crippen molar-refractivity contribution in [2.24, 2.45) is 5.73 Å². The zero-order valence-electron chi connectivity index (χ0n) is 14.4. The fourth-order valence-electron chi connectivity index (χ4n) is 2.67. The van der Waals surface area contributed by atoms with Crippen LogP contribution < -0.4 is 5.73 Å². The Hall–Kier alpha value is -1.61. The summed E-state index contributed by atoms with van der Waals surface area (Å²) in [5.41, 5.74) is 6.86. The number of nitrogens with zero attached hydrogens (tertiary/aromatic N) is 1. The summed E-state index contributed by atoms with van der Waals surface area (Å²) in [6, 6.07) is 5.66. The van der Waals surface area contributed by atoms with Crippen LogP contribution in [0.3, 0.4) is 0 Å². The van der Waals surface area contributed by atoms with Gasteiger partial charge in [0.1, 0.15) is 4.32 Å². The number of unbranched alkanes of at least 4 members (excludes halogenated alkanes) is 2. The molecule has 0 aliphatic carbocycles. The lowest BCUT2D eigenvalue weighted by Gasteiger charge is -2.13. The van der Waals surface area contributed by atoms with Crippen molar-refractivity contribution in [3.8, 4) is 11.1 Å². The fourth-order valence-corrected chi connectivity index (χ4v) is 4.89. The highest BCUT2D eigenvalue weighted by molar-refractivity contribution is 8.26. The van der Waals surface area contributed by atoms with Gasteiger partial charge in [-0.25, -0.2) is 8.78 Å². The molecule has 1 saturated heterocycles. The number of halogens is 2. The zero-order valence-corrected chi connectivity index (χ0v) is 16.9. The third-order valence-electron chi connectivity index (χ3n) is 4.11. The van der Waals surface area contributed by atoms with Crippen LogP contribution >= 0.6 is 35.3 Å². The van der Waals surface area contributed by atoms with Gasteiger partial charge in [-0.15, -0.1) is 11.3 Å². The molecule has 0 radical (unpaired) electrons. The van der Waals surface area contributed by atoms with Gasteiger partial charge in [0, 0.05) is 11.4 Å². The summed E-state index contributed by atoms with van der Waals surface area (Å²) in [5, 5.41) is 1.85. The minimum atomic E-state index is -0.879. The lowest BCUT2D eigenvalue weighted by atomic mass is 10.1. The largest absolute Gasteiger partial charge is 0.330 e. The van der Waals surface area contributed by atoms with E-state index in [2.05, 4.69) is 0 Å². The van der Waals surface area contributed by atoms with Crippen molar-refractivity contribution in [2.45, 2.75) is 19.3 Å². The van der Waals surface area contributed by atoms with Gasteiger partial charge in [0.25, 0.3) is 5.91 Å². The normalized spacial score (nSPS) is 16.0. The summed E-state index contributed by atoms with van der Waals surface area (Å²) in [6.45, 7) is 1.25. The molecule has 0 atom stereocenters. The molecule has 2 aromatic rings. The van der Waals surface area contributed by atoms with E-state index in [4.69, 9.17) is 18.0 Å². The molecule has 1 aromatic carbocycles. The van der Waals surface area contributed by atoms with Gasteiger partial charge in [-0.05, 0) is 60.2 Å². The molecule has 0 spiro atoms. The van der Waals surface area contributed by atoms with Crippen LogP contribution in [-0.4, -0.2) is 28.2 Å². The van der Waals surface area contributed by atoms with Crippen molar-refractivity contribution >= 4 is 51.6 Å². The van der Waals surface area contributed by atoms with Crippen LogP contribution in [0.25, 0.3) is 17.2 Å². The topological polar surface area (TPSA) is 46.3 Å². The molecule has 2 heterocycles. The van der Waals surface area contributed by atoms with E-state index >= 15 is 0 Å². The molecule has 1 aliphatic heterocycles. The van der Waals surface area contributed by atoms with Crippen molar-refractivity contribution in [3.63, 3.8) is 0 Å². The van der Waals surface area contributed by atoms with Gasteiger partial charge in [0.2, 0.25) is 0 Å². The molecule has 1 fully saturated rings. The number of carbonyl (C=O) groups excluding carboxylic acids is 1. The van der Waals surface area contributed by atoms with Crippen molar-refractivity contribution in [1.82, 2.24) is 4.90 Å². The molecule has 0 saturated carbocycles. The quantitative estimate of drug-likeness (QED) is 0.385. The van der Waals surface area contributed by atoms with Crippen LogP contribution in [0, 0.1) is 11.6 Å². The van der Waals surface area contributed by atoms with E-state index < -0.39 is 11.6 Å².